The monoisotopic (exact) mass is 467 g/mol. The molecule has 0 unspecified atom stereocenters. The van der Waals surface area contributed by atoms with Crippen molar-refractivity contribution in [3.8, 4) is 0 Å². The second-order valence-corrected chi connectivity index (χ2v) is 9.62. The number of nitrogens with one attached hydrogen (secondary N) is 3. The highest BCUT2D eigenvalue weighted by Gasteiger charge is 2.08. The lowest BCUT2D eigenvalue weighted by Crippen LogP contribution is -2.43. The first-order valence-corrected chi connectivity index (χ1v) is 13.1. The summed E-state index contributed by atoms with van der Waals surface area (Å²) in [6.07, 6.45) is 10.9. The molecule has 2 aromatic heterocycles. The number of benzene rings is 2. The smallest absolute Gasteiger partial charge is 0.0456 e. The quantitative estimate of drug-likeness (QED) is 0.247. The lowest BCUT2D eigenvalue weighted by Gasteiger charge is -2.26. The predicted octanol–water partition coefficient (Wildman–Crippen LogP) is 5.71. The molecule has 0 amide bonds. The van der Waals surface area contributed by atoms with Crippen molar-refractivity contribution in [1.29, 1.82) is 0 Å². The van der Waals surface area contributed by atoms with Crippen LogP contribution in [-0.4, -0.2) is 47.6 Å². The number of H-pyrrole nitrogens is 1. The Morgan fingerprint density at radius 3 is 2.57 bits per heavy atom. The largest absolute Gasteiger partial charge is 0.361 e. The van der Waals surface area contributed by atoms with Crippen LogP contribution in [0.5, 0.6) is 0 Å². The summed E-state index contributed by atoms with van der Waals surface area (Å²) in [5.74, 6) is 0. The van der Waals surface area contributed by atoms with Crippen LogP contribution in [0.25, 0.3) is 10.9 Å². The van der Waals surface area contributed by atoms with Crippen LogP contribution in [0.1, 0.15) is 36.1 Å². The van der Waals surface area contributed by atoms with Crippen LogP contribution in [0.4, 0.5) is 11.4 Å². The molecule has 0 spiro atoms. The third kappa shape index (κ3) is 6.71. The van der Waals surface area contributed by atoms with E-state index >= 15 is 0 Å². The van der Waals surface area contributed by atoms with Crippen molar-refractivity contribution in [3.63, 3.8) is 0 Å². The van der Waals surface area contributed by atoms with Crippen LogP contribution in [0.2, 0.25) is 0 Å². The molecule has 1 fully saturated rings. The van der Waals surface area contributed by atoms with Gasteiger partial charge in [-0.1, -0.05) is 30.3 Å². The minimum absolute atomic E-state index is 1.04. The van der Waals surface area contributed by atoms with Gasteiger partial charge in [0.15, 0.2) is 0 Å². The van der Waals surface area contributed by atoms with E-state index in [1.165, 1.54) is 60.2 Å². The molecule has 3 N–H and O–H groups in total. The number of nitrogens with zero attached hydrogens (tertiary/aromatic N) is 2. The van der Waals surface area contributed by atoms with E-state index in [2.05, 4.69) is 92.4 Å². The molecule has 3 heterocycles. The number of unbranched alkanes of at least 4 members (excludes halogenated alkanes) is 1. The van der Waals surface area contributed by atoms with Crippen LogP contribution in [-0.2, 0) is 19.3 Å². The number of fused-ring (bicyclic) bond motifs is 1. The zero-order chi connectivity index (χ0) is 23.7. The van der Waals surface area contributed by atoms with Crippen molar-refractivity contribution in [3.05, 3.63) is 89.9 Å². The van der Waals surface area contributed by atoms with Crippen molar-refractivity contribution >= 4 is 22.3 Å². The molecule has 1 saturated heterocycles. The summed E-state index contributed by atoms with van der Waals surface area (Å²) in [7, 11) is 0. The van der Waals surface area contributed by atoms with Crippen molar-refractivity contribution in [2.45, 2.75) is 38.5 Å². The average Bonchev–Trinajstić information content (AvgIpc) is 3.32. The zero-order valence-corrected chi connectivity index (χ0v) is 20.6. The van der Waals surface area contributed by atoms with Crippen LogP contribution in [0.15, 0.2) is 73.1 Å². The maximum atomic E-state index is 4.59. The van der Waals surface area contributed by atoms with Crippen molar-refractivity contribution in [2.75, 3.05) is 38.0 Å². The highest BCUT2D eigenvalue weighted by molar-refractivity contribution is 5.83. The molecule has 0 radical (unpaired) electrons. The molecule has 0 aliphatic carbocycles. The van der Waals surface area contributed by atoms with Crippen molar-refractivity contribution < 1.29 is 0 Å². The maximum Gasteiger partial charge on any atom is 0.0456 e. The molecule has 4 aromatic rings. The second kappa shape index (κ2) is 12.0. The van der Waals surface area contributed by atoms with Gasteiger partial charge in [-0.15, -0.1) is 0 Å². The zero-order valence-electron chi connectivity index (χ0n) is 20.6. The standard InChI is InChI=1S/C30H37N5/c1-2-10-30-29(9-1)25(23-33-30)7-5-6-24-11-13-26(14-12-24)34-28-15-16-32-27(22-28)8-3-4-19-35-20-17-31-18-21-35/h1-2,9-16,22-23,31,33H,3-8,17-21H2,(H,32,34). The van der Waals surface area contributed by atoms with Gasteiger partial charge in [0.1, 0.15) is 0 Å². The van der Waals surface area contributed by atoms with Gasteiger partial charge in [0.25, 0.3) is 0 Å². The third-order valence-corrected chi connectivity index (χ3v) is 7.01. The Morgan fingerprint density at radius 1 is 0.829 bits per heavy atom. The van der Waals surface area contributed by atoms with E-state index in [9.17, 15) is 0 Å². The van der Waals surface area contributed by atoms with Gasteiger partial charge in [-0.25, -0.2) is 0 Å². The molecule has 35 heavy (non-hydrogen) atoms. The van der Waals surface area contributed by atoms with E-state index in [-0.39, 0.29) is 0 Å². The summed E-state index contributed by atoms with van der Waals surface area (Å²) in [5.41, 5.74) is 7.44. The van der Waals surface area contributed by atoms with Gasteiger partial charge >= 0.3 is 0 Å². The number of para-hydroxylation sites is 1. The summed E-state index contributed by atoms with van der Waals surface area (Å²) >= 11 is 0. The van der Waals surface area contributed by atoms with Gasteiger partial charge in [0.05, 0.1) is 0 Å². The van der Waals surface area contributed by atoms with Crippen molar-refractivity contribution in [1.82, 2.24) is 20.2 Å². The van der Waals surface area contributed by atoms with E-state index in [0.29, 0.717) is 0 Å². The number of rotatable bonds is 11. The first-order chi connectivity index (χ1) is 17.3. The molecular formula is C30H37N5. The Balaban J connectivity index is 1.06. The molecule has 5 nitrogen and oxygen atoms in total. The number of hydrogen-bond acceptors (Lipinski definition) is 4. The van der Waals surface area contributed by atoms with Gasteiger partial charge in [-0.2, -0.15) is 0 Å². The fourth-order valence-electron chi connectivity index (χ4n) is 5.01. The lowest BCUT2D eigenvalue weighted by molar-refractivity contribution is 0.237. The van der Waals surface area contributed by atoms with Gasteiger partial charge < -0.3 is 20.5 Å². The fraction of sp³-hybridized carbons (Fsp3) is 0.367. The summed E-state index contributed by atoms with van der Waals surface area (Å²) < 4.78 is 0. The third-order valence-electron chi connectivity index (χ3n) is 7.01. The number of aromatic amines is 1. The van der Waals surface area contributed by atoms with E-state index in [4.69, 9.17) is 0 Å². The number of hydrogen-bond donors (Lipinski definition) is 3. The molecule has 1 aliphatic rings. The van der Waals surface area contributed by atoms with Gasteiger partial charge in [0.2, 0.25) is 0 Å². The minimum Gasteiger partial charge on any atom is -0.361 e. The molecule has 0 saturated carbocycles. The molecule has 182 valence electrons. The summed E-state index contributed by atoms with van der Waals surface area (Å²) in [6, 6.07) is 21.7. The van der Waals surface area contributed by atoms with E-state index in [0.717, 1.165) is 50.1 Å². The van der Waals surface area contributed by atoms with Gasteiger partial charge in [0, 0.05) is 66.5 Å². The van der Waals surface area contributed by atoms with Crippen LogP contribution >= 0.6 is 0 Å². The Labute approximate surface area is 209 Å². The predicted molar refractivity (Wildman–Crippen MR) is 147 cm³/mol. The topological polar surface area (TPSA) is 56.0 Å². The van der Waals surface area contributed by atoms with Crippen molar-refractivity contribution in [2.24, 2.45) is 0 Å². The molecule has 2 aromatic carbocycles. The normalized spacial score (nSPS) is 14.4. The molecule has 5 rings (SSSR count). The average molecular weight is 468 g/mol. The van der Waals surface area contributed by atoms with Gasteiger partial charge in [-0.05, 0) is 86.5 Å². The Kier molecular flexibility index (Phi) is 8.09. The van der Waals surface area contributed by atoms with Gasteiger partial charge in [-0.3, -0.25) is 4.98 Å². The Bertz CT molecular complexity index is 1190. The number of piperazine rings is 1. The summed E-state index contributed by atoms with van der Waals surface area (Å²) in [4.78, 5) is 10.5. The number of anilines is 2. The molecule has 1 aliphatic heterocycles. The summed E-state index contributed by atoms with van der Waals surface area (Å²) in [6.45, 7) is 5.82. The van der Waals surface area contributed by atoms with Crippen LogP contribution < -0.4 is 10.6 Å². The minimum atomic E-state index is 1.04. The Hall–Kier alpha value is -3.15. The molecular weight excluding hydrogens is 430 g/mol. The van der Waals surface area contributed by atoms with Crippen LogP contribution in [0.3, 0.4) is 0 Å². The second-order valence-electron chi connectivity index (χ2n) is 9.62. The maximum absolute atomic E-state index is 4.59. The number of aromatic nitrogens is 2. The first-order valence-electron chi connectivity index (χ1n) is 13.1. The highest BCUT2D eigenvalue weighted by Crippen LogP contribution is 2.21. The fourth-order valence-corrected chi connectivity index (χ4v) is 5.01. The summed E-state index contributed by atoms with van der Waals surface area (Å²) in [5, 5.41) is 8.32. The SMILES string of the molecule is c1ccc2c(CCCc3ccc(Nc4ccnc(CCCCN5CCNCC5)c4)cc3)c[nH]c2c1. The highest BCUT2D eigenvalue weighted by atomic mass is 15.2. The van der Waals surface area contributed by atoms with E-state index in [1.54, 1.807) is 0 Å². The number of aryl methyl sites for hydroxylation is 3. The van der Waals surface area contributed by atoms with E-state index < -0.39 is 0 Å². The first kappa shape index (κ1) is 23.6. The van der Waals surface area contributed by atoms with Crippen LogP contribution in [0, 0.1) is 0 Å². The number of pyridine rings is 1. The van der Waals surface area contributed by atoms with E-state index in [1.807, 2.05) is 6.20 Å². The Morgan fingerprint density at radius 2 is 1.69 bits per heavy atom. The molecule has 5 heteroatoms. The molecule has 0 atom stereocenters. The molecule has 0 bridgehead atoms. The lowest BCUT2D eigenvalue weighted by atomic mass is 10.0.